The zero-order valence-corrected chi connectivity index (χ0v) is 27.2. The number of esters is 1. The average molecular weight is 638 g/mol. The van der Waals surface area contributed by atoms with Gasteiger partial charge in [0.05, 0.1) is 24.5 Å². The van der Waals surface area contributed by atoms with Crippen LogP contribution in [0, 0.1) is 11.8 Å². The van der Waals surface area contributed by atoms with E-state index in [9.17, 15) is 24.3 Å². The van der Waals surface area contributed by atoms with Gasteiger partial charge in [0.25, 0.3) is 0 Å². The lowest BCUT2D eigenvalue weighted by atomic mass is 9.70. The monoisotopic (exact) mass is 637 g/mol. The predicted molar refractivity (Wildman–Crippen MR) is 174 cm³/mol. The fourth-order valence-electron chi connectivity index (χ4n) is 7.33. The molecule has 4 rings (SSSR count). The number of fused-ring (bicyclic) bond motifs is 1. The van der Waals surface area contributed by atoms with Crippen molar-refractivity contribution in [2.24, 2.45) is 11.8 Å². The lowest BCUT2D eigenvalue weighted by Crippen LogP contribution is -2.56. The van der Waals surface area contributed by atoms with Gasteiger partial charge in [-0.1, -0.05) is 62.2 Å². The number of nitrogens with zero attached hydrogens (tertiary/aromatic N) is 2. The van der Waals surface area contributed by atoms with E-state index in [-0.39, 0.29) is 37.3 Å². The SMILES string of the molecule is C=CCCC(=O)NC[C@@H](OC(=O)[C@@H]1[C@@H]2CC[C@]3(O2)[C@H](C(=O)N(CC=C)CCCCC)N(CCCCCO)C(=O)[C@@H]13)c1ccccc1. The molecule has 2 N–H and O–H groups in total. The van der Waals surface area contributed by atoms with Crippen LogP contribution in [0.1, 0.15) is 82.8 Å². The Kier molecular flexibility index (Phi) is 13.0. The van der Waals surface area contributed by atoms with E-state index in [2.05, 4.69) is 25.4 Å². The minimum atomic E-state index is -1.12. The van der Waals surface area contributed by atoms with Crippen LogP contribution in [-0.4, -0.2) is 89.1 Å². The minimum absolute atomic E-state index is 0.0589. The first-order valence-electron chi connectivity index (χ1n) is 16.9. The number of hydrogen-bond acceptors (Lipinski definition) is 7. The molecule has 1 aromatic carbocycles. The number of unbranched alkanes of at least 4 members (excludes halogenated alkanes) is 4. The number of amides is 3. The molecule has 1 aromatic rings. The first-order valence-corrected chi connectivity index (χ1v) is 16.9. The van der Waals surface area contributed by atoms with Crippen molar-refractivity contribution in [2.45, 2.75) is 95.0 Å². The van der Waals surface area contributed by atoms with Crippen LogP contribution < -0.4 is 5.32 Å². The first kappa shape index (κ1) is 35.4. The lowest BCUT2D eigenvalue weighted by molar-refractivity contribution is -0.160. The smallest absolute Gasteiger partial charge is 0.313 e. The molecule has 3 amide bonds. The summed E-state index contributed by atoms with van der Waals surface area (Å²) in [7, 11) is 0. The Morgan fingerprint density at radius 2 is 1.93 bits per heavy atom. The number of ether oxygens (including phenoxy) is 2. The molecular weight excluding hydrogens is 586 g/mol. The summed E-state index contributed by atoms with van der Waals surface area (Å²) in [6.45, 7) is 11.0. The normalized spacial score (nSPS) is 25.2. The quantitative estimate of drug-likeness (QED) is 0.125. The van der Waals surface area contributed by atoms with Crippen LogP contribution in [0.15, 0.2) is 55.6 Å². The van der Waals surface area contributed by atoms with Crippen LogP contribution in [0.4, 0.5) is 0 Å². The van der Waals surface area contributed by atoms with Crippen molar-refractivity contribution in [3.8, 4) is 0 Å². The third kappa shape index (κ3) is 7.72. The molecule has 1 spiro atoms. The molecule has 252 valence electrons. The number of benzene rings is 1. The summed E-state index contributed by atoms with van der Waals surface area (Å²) in [6.07, 6.45) is 8.69. The lowest BCUT2D eigenvalue weighted by Gasteiger charge is -2.37. The number of rotatable bonds is 20. The number of nitrogens with one attached hydrogen (secondary N) is 1. The second kappa shape index (κ2) is 16.9. The van der Waals surface area contributed by atoms with E-state index < -0.39 is 41.7 Å². The second-order valence-corrected chi connectivity index (χ2v) is 12.6. The van der Waals surface area contributed by atoms with Gasteiger partial charge in [-0.25, -0.2) is 0 Å². The molecule has 10 heteroatoms. The molecule has 2 bridgehead atoms. The van der Waals surface area contributed by atoms with E-state index in [1.54, 1.807) is 22.0 Å². The van der Waals surface area contributed by atoms with Crippen molar-refractivity contribution in [3.63, 3.8) is 0 Å². The van der Waals surface area contributed by atoms with Gasteiger partial charge in [-0.15, -0.1) is 13.2 Å². The number of aliphatic hydroxyl groups excluding tert-OH is 1. The predicted octanol–water partition coefficient (Wildman–Crippen LogP) is 4.10. The van der Waals surface area contributed by atoms with E-state index in [1.165, 1.54) is 0 Å². The standard InChI is InChI=1S/C36H51N3O7/c1-4-7-13-22-38(21-6-3)34(43)32-36-20-19-27(46-36)30(31(36)33(42)39(32)23-14-10-15-24-40)35(44)45-28(26-16-11-9-12-17-26)25-37-29(41)18-8-5-2/h5-6,9,11-12,16-17,27-28,30-32,40H,2-4,7-8,10,13-15,18-25H2,1H3,(H,37,41)/t27-,28+,30+,31+,32-,36+/m0/s1. The fourth-order valence-corrected chi connectivity index (χ4v) is 7.33. The van der Waals surface area contributed by atoms with Crippen LogP contribution in [-0.2, 0) is 28.7 Å². The van der Waals surface area contributed by atoms with Crippen LogP contribution in [0.3, 0.4) is 0 Å². The highest BCUT2D eigenvalue weighted by Crippen LogP contribution is 2.59. The van der Waals surface area contributed by atoms with E-state index in [0.29, 0.717) is 58.2 Å². The van der Waals surface area contributed by atoms with Crippen LogP contribution >= 0.6 is 0 Å². The Hall–Kier alpha value is -3.50. The maximum atomic E-state index is 14.4. The number of hydrogen-bond donors (Lipinski definition) is 2. The summed E-state index contributed by atoms with van der Waals surface area (Å²) in [5, 5.41) is 12.2. The van der Waals surface area contributed by atoms with E-state index in [4.69, 9.17) is 9.47 Å². The Bertz CT molecular complexity index is 1220. The zero-order valence-electron chi connectivity index (χ0n) is 27.2. The molecule has 0 aliphatic carbocycles. The molecule has 10 nitrogen and oxygen atoms in total. The van der Waals surface area contributed by atoms with E-state index >= 15 is 0 Å². The molecule has 3 saturated heterocycles. The first-order chi connectivity index (χ1) is 22.3. The molecule has 0 unspecified atom stereocenters. The molecule has 0 radical (unpaired) electrons. The van der Waals surface area contributed by atoms with Gasteiger partial charge >= 0.3 is 5.97 Å². The highest BCUT2D eigenvalue weighted by Gasteiger charge is 2.75. The van der Waals surface area contributed by atoms with Crippen molar-refractivity contribution in [1.82, 2.24) is 15.1 Å². The summed E-state index contributed by atoms with van der Waals surface area (Å²) < 4.78 is 12.7. The van der Waals surface area contributed by atoms with Crippen molar-refractivity contribution in [2.75, 3.05) is 32.8 Å². The molecular formula is C36H51N3O7. The zero-order chi connectivity index (χ0) is 33.1. The molecule has 3 aliphatic rings. The number of carbonyl (C=O) groups excluding carboxylic acids is 4. The topological polar surface area (TPSA) is 125 Å². The third-order valence-electron chi connectivity index (χ3n) is 9.55. The van der Waals surface area contributed by atoms with E-state index in [1.807, 2.05) is 30.3 Å². The van der Waals surface area contributed by atoms with Crippen molar-refractivity contribution in [1.29, 1.82) is 0 Å². The summed E-state index contributed by atoms with van der Waals surface area (Å²) >= 11 is 0. The molecule has 3 heterocycles. The Morgan fingerprint density at radius 1 is 1.15 bits per heavy atom. The average Bonchev–Trinajstić information content (AvgIpc) is 3.71. The Balaban J connectivity index is 1.60. The fraction of sp³-hybridized carbons (Fsp3) is 0.611. The number of carbonyl (C=O) groups is 4. The summed E-state index contributed by atoms with van der Waals surface area (Å²) in [5.74, 6) is -2.87. The number of aliphatic hydroxyl groups is 1. The molecule has 3 fully saturated rings. The molecule has 0 aromatic heterocycles. The van der Waals surface area contributed by atoms with Gasteiger partial charge in [0.15, 0.2) is 0 Å². The highest BCUT2D eigenvalue weighted by molar-refractivity contribution is 5.98. The van der Waals surface area contributed by atoms with Gasteiger partial charge in [-0.2, -0.15) is 0 Å². The van der Waals surface area contributed by atoms with Crippen molar-refractivity contribution < 1.29 is 33.8 Å². The van der Waals surface area contributed by atoms with Gasteiger partial charge in [0.1, 0.15) is 17.7 Å². The molecule has 46 heavy (non-hydrogen) atoms. The maximum absolute atomic E-state index is 14.4. The summed E-state index contributed by atoms with van der Waals surface area (Å²) in [5.41, 5.74) is -0.396. The Labute approximate surface area is 273 Å². The number of likely N-dealkylation sites (tertiary alicyclic amines) is 1. The summed E-state index contributed by atoms with van der Waals surface area (Å²) in [4.78, 5) is 58.6. The van der Waals surface area contributed by atoms with Gasteiger partial charge < -0.3 is 29.7 Å². The van der Waals surface area contributed by atoms with Crippen molar-refractivity contribution in [3.05, 3.63) is 61.2 Å². The minimum Gasteiger partial charge on any atom is -0.455 e. The second-order valence-electron chi connectivity index (χ2n) is 12.6. The van der Waals surface area contributed by atoms with Gasteiger partial charge in [-0.3, -0.25) is 19.2 Å². The Morgan fingerprint density at radius 3 is 2.63 bits per heavy atom. The van der Waals surface area contributed by atoms with Crippen LogP contribution in [0.25, 0.3) is 0 Å². The number of allylic oxidation sites excluding steroid dienone is 1. The highest BCUT2D eigenvalue weighted by atomic mass is 16.6. The van der Waals surface area contributed by atoms with Crippen molar-refractivity contribution >= 4 is 23.7 Å². The van der Waals surface area contributed by atoms with E-state index in [0.717, 1.165) is 24.8 Å². The largest absolute Gasteiger partial charge is 0.455 e. The van der Waals surface area contributed by atoms with Gasteiger partial charge in [-0.05, 0) is 50.5 Å². The third-order valence-corrected chi connectivity index (χ3v) is 9.55. The molecule has 0 saturated carbocycles. The molecule has 3 aliphatic heterocycles. The van der Waals surface area contributed by atoms with Crippen LogP contribution in [0.5, 0.6) is 0 Å². The summed E-state index contributed by atoms with van der Waals surface area (Å²) in [6, 6.07) is 8.36. The maximum Gasteiger partial charge on any atom is 0.313 e. The van der Waals surface area contributed by atoms with Gasteiger partial charge in [0.2, 0.25) is 17.7 Å². The van der Waals surface area contributed by atoms with Gasteiger partial charge in [0, 0.05) is 32.7 Å². The molecule has 6 atom stereocenters. The van der Waals surface area contributed by atoms with Crippen LogP contribution in [0.2, 0.25) is 0 Å².